The largest absolute Gasteiger partial charge is 0.463 e. The van der Waals surface area contributed by atoms with Crippen LogP contribution in [0, 0.1) is 17.2 Å². The van der Waals surface area contributed by atoms with Crippen molar-refractivity contribution >= 4 is 29.2 Å². The number of hydrogen-bond donors (Lipinski definition) is 3. The number of rotatable bonds is 11. The Kier molecular flexibility index (Phi) is 9.52. The van der Waals surface area contributed by atoms with E-state index in [4.69, 9.17) is 19.9 Å². The summed E-state index contributed by atoms with van der Waals surface area (Å²) in [4.78, 5) is 41.8. The Morgan fingerprint density at radius 2 is 1.98 bits per heavy atom. The van der Waals surface area contributed by atoms with E-state index in [1.807, 2.05) is 19.1 Å². The third-order valence-electron chi connectivity index (χ3n) is 7.01. The fourth-order valence-corrected chi connectivity index (χ4v) is 4.65. The van der Waals surface area contributed by atoms with Crippen molar-refractivity contribution in [2.75, 3.05) is 11.9 Å². The van der Waals surface area contributed by atoms with Gasteiger partial charge in [-0.1, -0.05) is 51.1 Å². The predicted molar refractivity (Wildman–Crippen MR) is 148 cm³/mol. The number of carbonyl (C=O) groups is 3. The molecule has 0 spiro atoms. The highest BCUT2D eigenvalue weighted by atomic mass is 16.6. The van der Waals surface area contributed by atoms with Gasteiger partial charge in [0.15, 0.2) is 11.9 Å². The number of nitriles is 1. The number of hydrogen-bond acceptors (Lipinski definition) is 11. The SMILES string of the molecule is CCCC(=O)Nc1ncnn2c([C@]3(C#N)O[C@H](COC(=O)Cc4ccccc4)[C@@H](OC(=O)[C@@H](N)C(C)C)[C@H]3O)ccc12. The van der Waals surface area contributed by atoms with E-state index in [2.05, 4.69) is 15.4 Å². The molecule has 1 aromatic carbocycles. The molecule has 3 heterocycles. The van der Waals surface area contributed by atoms with Gasteiger partial charge in [-0.05, 0) is 30.0 Å². The number of aliphatic hydroxyl groups excluding tert-OH is 1. The summed E-state index contributed by atoms with van der Waals surface area (Å²) in [5, 5.41) is 28.9. The molecule has 0 radical (unpaired) electrons. The average molecular weight is 579 g/mol. The summed E-state index contributed by atoms with van der Waals surface area (Å²) in [5.74, 6) is -1.71. The monoisotopic (exact) mass is 578 g/mol. The first kappa shape index (κ1) is 30.6. The van der Waals surface area contributed by atoms with Crippen LogP contribution in [0.2, 0.25) is 0 Å². The summed E-state index contributed by atoms with van der Waals surface area (Å²) in [6, 6.07) is 13.0. The van der Waals surface area contributed by atoms with Crippen LogP contribution in [0.15, 0.2) is 48.8 Å². The molecule has 4 rings (SSSR count). The Labute approximate surface area is 242 Å². The van der Waals surface area contributed by atoms with E-state index in [1.54, 1.807) is 44.2 Å². The number of esters is 2. The molecule has 0 saturated carbocycles. The second-order valence-corrected chi connectivity index (χ2v) is 10.4. The van der Waals surface area contributed by atoms with Gasteiger partial charge in [0.1, 0.15) is 42.8 Å². The summed E-state index contributed by atoms with van der Waals surface area (Å²) in [6.07, 6.45) is -2.28. The zero-order valence-electron chi connectivity index (χ0n) is 23.6. The van der Waals surface area contributed by atoms with Crippen molar-refractivity contribution in [1.29, 1.82) is 5.26 Å². The van der Waals surface area contributed by atoms with Crippen LogP contribution in [0.4, 0.5) is 5.82 Å². The van der Waals surface area contributed by atoms with Crippen molar-refractivity contribution in [2.24, 2.45) is 11.7 Å². The van der Waals surface area contributed by atoms with Crippen molar-refractivity contribution in [1.82, 2.24) is 14.6 Å². The molecular weight excluding hydrogens is 544 g/mol. The minimum absolute atomic E-state index is 0.0189. The fourth-order valence-electron chi connectivity index (χ4n) is 4.65. The number of benzene rings is 1. The van der Waals surface area contributed by atoms with Gasteiger partial charge in [-0.25, -0.2) is 9.50 Å². The number of fused-ring (bicyclic) bond motifs is 1. The molecule has 4 N–H and O–H groups in total. The third kappa shape index (κ3) is 6.25. The molecule has 1 saturated heterocycles. The van der Waals surface area contributed by atoms with Crippen LogP contribution in [0.3, 0.4) is 0 Å². The number of nitrogens with zero attached hydrogens (tertiary/aromatic N) is 4. The molecule has 13 heteroatoms. The van der Waals surface area contributed by atoms with Gasteiger partial charge >= 0.3 is 11.9 Å². The Bertz CT molecular complexity index is 1470. The van der Waals surface area contributed by atoms with Gasteiger partial charge in [0.05, 0.1) is 12.1 Å². The number of nitrogens with two attached hydrogens (primary N) is 1. The molecule has 0 aliphatic carbocycles. The summed E-state index contributed by atoms with van der Waals surface area (Å²) < 4.78 is 18.5. The van der Waals surface area contributed by atoms with Crippen LogP contribution >= 0.6 is 0 Å². The lowest BCUT2D eigenvalue weighted by molar-refractivity contribution is -0.162. The van der Waals surface area contributed by atoms with Gasteiger partial charge in [0.25, 0.3) is 0 Å². The minimum atomic E-state index is -2.10. The molecule has 42 heavy (non-hydrogen) atoms. The summed E-state index contributed by atoms with van der Waals surface area (Å²) in [6.45, 7) is 4.92. The number of amides is 1. The summed E-state index contributed by atoms with van der Waals surface area (Å²) in [5.41, 5.74) is 5.04. The third-order valence-corrected chi connectivity index (χ3v) is 7.01. The second kappa shape index (κ2) is 13.1. The standard InChI is InChI=1S/C29H34N6O7/c1-4-8-22(36)34-27-19-11-12-21(35(19)33-16-32-27)29(15-30)26(38)25(41-28(39)24(31)17(2)3)20(42-29)14-40-23(37)13-18-9-6-5-7-10-18/h5-7,9-12,16-17,20,24-26,38H,4,8,13-14,31H2,1-3H3,(H,32,33,34,36)/t20-,24+,25-,26-,29+/m1/s1. The molecule has 5 atom stereocenters. The van der Waals surface area contributed by atoms with Crippen LogP contribution < -0.4 is 11.1 Å². The van der Waals surface area contributed by atoms with Crippen molar-refractivity contribution in [3.8, 4) is 6.07 Å². The highest BCUT2D eigenvalue weighted by Gasteiger charge is 2.60. The lowest BCUT2D eigenvalue weighted by Crippen LogP contribution is -2.46. The lowest BCUT2D eigenvalue weighted by Gasteiger charge is -2.25. The molecule has 222 valence electrons. The molecular formula is C29H34N6O7. The van der Waals surface area contributed by atoms with Crippen LogP contribution in [-0.4, -0.2) is 68.5 Å². The molecule has 3 aromatic rings. The molecule has 1 aliphatic rings. The Balaban J connectivity index is 1.65. The van der Waals surface area contributed by atoms with E-state index in [-0.39, 0.29) is 36.2 Å². The van der Waals surface area contributed by atoms with Crippen molar-refractivity contribution in [3.63, 3.8) is 0 Å². The van der Waals surface area contributed by atoms with E-state index < -0.39 is 48.5 Å². The smallest absolute Gasteiger partial charge is 0.323 e. The Hall–Kier alpha value is -4.38. The molecule has 0 bridgehead atoms. The first-order valence-corrected chi connectivity index (χ1v) is 13.7. The Morgan fingerprint density at radius 3 is 2.64 bits per heavy atom. The highest BCUT2D eigenvalue weighted by Crippen LogP contribution is 2.42. The van der Waals surface area contributed by atoms with E-state index in [0.29, 0.717) is 11.9 Å². The van der Waals surface area contributed by atoms with Gasteiger partial charge < -0.3 is 30.4 Å². The normalized spacial score (nSPS) is 22.5. The number of aliphatic hydroxyl groups is 1. The van der Waals surface area contributed by atoms with E-state index >= 15 is 0 Å². The van der Waals surface area contributed by atoms with E-state index in [0.717, 1.165) is 5.56 Å². The molecule has 0 unspecified atom stereocenters. The topological polar surface area (TPSA) is 191 Å². The van der Waals surface area contributed by atoms with Crippen LogP contribution in [-0.2, 0) is 40.6 Å². The Morgan fingerprint density at radius 1 is 1.24 bits per heavy atom. The molecule has 13 nitrogen and oxygen atoms in total. The maximum Gasteiger partial charge on any atom is 0.323 e. The van der Waals surface area contributed by atoms with Crippen molar-refractivity contribution < 1.29 is 33.7 Å². The predicted octanol–water partition coefficient (Wildman–Crippen LogP) is 1.63. The number of anilines is 1. The summed E-state index contributed by atoms with van der Waals surface area (Å²) >= 11 is 0. The molecule has 1 aliphatic heterocycles. The lowest BCUT2D eigenvalue weighted by atomic mass is 9.92. The first-order chi connectivity index (χ1) is 20.1. The van der Waals surface area contributed by atoms with Crippen LogP contribution in [0.25, 0.3) is 5.52 Å². The van der Waals surface area contributed by atoms with Gasteiger partial charge in [-0.3, -0.25) is 14.4 Å². The van der Waals surface area contributed by atoms with E-state index in [1.165, 1.54) is 16.9 Å². The van der Waals surface area contributed by atoms with Gasteiger partial charge in [0, 0.05) is 6.42 Å². The zero-order chi connectivity index (χ0) is 30.4. The first-order valence-electron chi connectivity index (χ1n) is 13.7. The zero-order valence-corrected chi connectivity index (χ0v) is 23.6. The molecule has 2 aromatic heterocycles. The average Bonchev–Trinajstić information content (AvgIpc) is 3.52. The van der Waals surface area contributed by atoms with Crippen molar-refractivity contribution in [2.45, 2.75) is 70.0 Å². The van der Waals surface area contributed by atoms with Gasteiger partial charge in [-0.15, -0.1) is 0 Å². The quantitative estimate of drug-likeness (QED) is 0.280. The van der Waals surface area contributed by atoms with Crippen LogP contribution in [0.5, 0.6) is 0 Å². The van der Waals surface area contributed by atoms with Crippen molar-refractivity contribution in [3.05, 3.63) is 60.0 Å². The fraction of sp³-hybridized carbons (Fsp3) is 0.448. The van der Waals surface area contributed by atoms with Crippen LogP contribution in [0.1, 0.15) is 44.9 Å². The van der Waals surface area contributed by atoms with E-state index in [9.17, 15) is 24.8 Å². The summed E-state index contributed by atoms with van der Waals surface area (Å²) in [7, 11) is 0. The maximum atomic E-state index is 12.8. The number of aromatic nitrogens is 3. The molecule has 1 amide bonds. The maximum absolute atomic E-state index is 12.8. The molecule has 1 fully saturated rings. The van der Waals surface area contributed by atoms with Gasteiger partial charge in [-0.2, -0.15) is 10.4 Å². The number of ether oxygens (including phenoxy) is 3. The number of carbonyl (C=O) groups excluding carboxylic acids is 3. The number of nitrogens with one attached hydrogen (secondary N) is 1. The van der Waals surface area contributed by atoms with Gasteiger partial charge in [0.2, 0.25) is 11.5 Å². The highest BCUT2D eigenvalue weighted by molar-refractivity contribution is 5.93. The minimum Gasteiger partial charge on any atom is -0.463 e. The second-order valence-electron chi connectivity index (χ2n) is 10.4.